The van der Waals surface area contributed by atoms with Gasteiger partial charge in [-0.2, -0.15) is 0 Å². The van der Waals surface area contributed by atoms with Gasteiger partial charge in [-0.15, -0.1) is 0 Å². The molecule has 4 rings (SSSR count). The number of benzene rings is 2. The Morgan fingerprint density at radius 2 is 1.93 bits per heavy atom. The monoisotopic (exact) mass is 377 g/mol. The molecule has 6 heteroatoms. The molecule has 2 aromatic carbocycles. The number of hydrogen-bond acceptors (Lipinski definition) is 5. The fourth-order valence-electron chi connectivity index (χ4n) is 3.00. The summed E-state index contributed by atoms with van der Waals surface area (Å²) in [5, 5.41) is 0. The first-order chi connectivity index (χ1) is 13.4. The number of carbonyl (C=O) groups excluding carboxylic acids is 2. The molecule has 0 fully saturated rings. The Labute approximate surface area is 162 Å². The molecule has 0 spiro atoms. The van der Waals surface area contributed by atoms with E-state index >= 15 is 0 Å². The minimum absolute atomic E-state index is 0.209. The van der Waals surface area contributed by atoms with E-state index in [-0.39, 0.29) is 17.6 Å². The lowest BCUT2D eigenvalue weighted by Crippen LogP contribution is -2.25. The lowest BCUT2D eigenvalue weighted by molar-refractivity contribution is 0.101. The topological polar surface area (TPSA) is 65.1 Å². The van der Waals surface area contributed by atoms with Gasteiger partial charge >= 0.3 is 6.09 Å². The van der Waals surface area contributed by atoms with Gasteiger partial charge in [-0.3, -0.25) is 4.79 Å². The highest BCUT2D eigenvalue weighted by atomic mass is 16.6. The van der Waals surface area contributed by atoms with E-state index in [1.807, 2.05) is 37.3 Å². The number of hydrogen-bond donors (Lipinski definition) is 0. The minimum atomic E-state index is -0.503. The Balaban J connectivity index is 1.61. The second kappa shape index (κ2) is 6.88. The van der Waals surface area contributed by atoms with Gasteiger partial charge in [-0.05, 0) is 42.8 Å². The standard InChI is InChI=1S/C22H19NO5/c1-13-15(10-14-6-4-5-7-18(14)26-13)11-20-21(24)17-9-8-16(12-19(17)28-20)27-22(25)23(2)3/h4-13H,1-3H3/b20-11-. The average molecular weight is 377 g/mol. The fraction of sp³-hybridized carbons (Fsp3) is 0.182. The van der Waals surface area contributed by atoms with Crippen LogP contribution in [-0.2, 0) is 0 Å². The molecular weight excluding hydrogens is 358 g/mol. The van der Waals surface area contributed by atoms with Crippen LogP contribution in [0.5, 0.6) is 17.2 Å². The Morgan fingerprint density at radius 3 is 2.71 bits per heavy atom. The van der Waals surface area contributed by atoms with Crippen molar-refractivity contribution in [3.8, 4) is 17.2 Å². The highest BCUT2D eigenvalue weighted by Gasteiger charge is 2.29. The van der Waals surface area contributed by atoms with Crippen molar-refractivity contribution >= 4 is 18.0 Å². The maximum atomic E-state index is 12.7. The first-order valence-electron chi connectivity index (χ1n) is 8.87. The highest BCUT2D eigenvalue weighted by molar-refractivity contribution is 6.12. The molecule has 0 aliphatic carbocycles. The molecular formula is C22H19NO5. The fourth-order valence-corrected chi connectivity index (χ4v) is 3.00. The minimum Gasteiger partial charge on any atom is -0.485 e. The van der Waals surface area contributed by atoms with Gasteiger partial charge in [0.05, 0.1) is 5.56 Å². The zero-order valence-corrected chi connectivity index (χ0v) is 15.8. The molecule has 2 aliphatic heterocycles. The molecule has 142 valence electrons. The van der Waals surface area contributed by atoms with E-state index in [4.69, 9.17) is 14.2 Å². The number of para-hydroxylation sites is 1. The Hall–Kier alpha value is -3.54. The van der Waals surface area contributed by atoms with Crippen LogP contribution in [0.1, 0.15) is 22.8 Å². The van der Waals surface area contributed by atoms with Gasteiger partial charge in [0.1, 0.15) is 23.4 Å². The quantitative estimate of drug-likeness (QED) is 0.738. The van der Waals surface area contributed by atoms with E-state index in [1.54, 1.807) is 38.4 Å². The lowest BCUT2D eigenvalue weighted by Gasteiger charge is -2.22. The van der Waals surface area contributed by atoms with Crippen LogP contribution in [0.4, 0.5) is 4.79 Å². The van der Waals surface area contributed by atoms with E-state index in [1.165, 1.54) is 4.90 Å². The van der Waals surface area contributed by atoms with E-state index in [0.717, 1.165) is 16.9 Å². The molecule has 2 aromatic rings. The number of amides is 1. The molecule has 1 atom stereocenters. The molecule has 2 aliphatic rings. The van der Waals surface area contributed by atoms with E-state index < -0.39 is 6.09 Å². The van der Waals surface area contributed by atoms with Gasteiger partial charge < -0.3 is 19.1 Å². The van der Waals surface area contributed by atoms with Crippen LogP contribution < -0.4 is 14.2 Å². The van der Waals surface area contributed by atoms with Crippen molar-refractivity contribution in [3.63, 3.8) is 0 Å². The van der Waals surface area contributed by atoms with Crippen molar-refractivity contribution in [2.75, 3.05) is 14.1 Å². The van der Waals surface area contributed by atoms with Crippen LogP contribution in [0.25, 0.3) is 6.08 Å². The van der Waals surface area contributed by atoms with Gasteiger partial charge in [0.15, 0.2) is 5.76 Å². The molecule has 1 unspecified atom stereocenters. The zero-order chi connectivity index (χ0) is 19.8. The summed E-state index contributed by atoms with van der Waals surface area (Å²) in [4.78, 5) is 25.7. The zero-order valence-electron chi connectivity index (χ0n) is 15.8. The first-order valence-corrected chi connectivity index (χ1v) is 8.87. The van der Waals surface area contributed by atoms with Crippen LogP contribution in [0.15, 0.2) is 59.9 Å². The van der Waals surface area contributed by atoms with Crippen LogP contribution >= 0.6 is 0 Å². The average Bonchev–Trinajstić information content (AvgIpc) is 2.97. The number of fused-ring (bicyclic) bond motifs is 2. The van der Waals surface area contributed by atoms with Crippen LogP contribution in [0.3, 0.4) is 0 Å². The molecule has 0 aromatic heterocycles. The van der Waals surface area contributed by atoms with E-state index in [0.29, 0.717) is 17.1 Å². The number of ether oxygens (including phenoxy) is 3. The van der Waals surface area contributed by atoms with Crippen molar-refractivity contribution < 1.29 is 23.8 Å². The molecule has 1 amide bonds. The van der Waals surface area contributed by atoms with Crippen molar-refractivity contribution in [3.05, 3.63) is 71.0 Å². The lowest BCUT2D eigenvalue weighted by atomic mass is 10.0. The number of allylic oxidation sites excluding steroid dienone is 1. The van der Waals surface area contributed by atoms with E-state index in [9.17, 15) is 9.59 Å². The Bertz CT molecular complexity index is 1030. The normalized spacial score (nSPS) is 18.5. The molecule has 0 radical (unpaired) electrons. The maximum Gasteiger partial charge on any atom is 0.414 e. The molecule has 0 N–H and O–H groups in total. The van der Waals surface area contributed by atoms with Crippen LogP contribution in [0.2, 0.25) is 0 Å². The Kier molecular flexibility index (Phi) is 4.39. The van der Waals surface area contributed by atoms with Crippen molar-refractivity contribution in [1.29, 1.82) is 0 Å². The van der Waals surface area contributed by atoms with Crippen molar-refractivity contribution in [1.82, 2.24) is 4.90 Å². The summed E-state index contributed by atoms with van der Waals surface area (Å²) in [6, 6.07) is 12.4. The van der Waals surface area contributed by atoms with Crippen molar-refractivity contribution in [2.24, 2.45) is 0 Å². The van der Waals surface area contributed by atoms with Gasteiger partial charge in [-0.1, -0.05) is 18.2 Å². The van der Waals surface area contributed by atoms with Gasteiger partial charge in [-0.25, -0.2) is 4.79 Å². The molecule has 0 bridgehead atoms. The van der Waals surface area contributed by atoms with E-state index in [2.05, 4.69) is 0 Å². The van der Waals surface area contributed by atoms with Gasteiger partial charge in [0, 0.05) is 25.7 Å². The third-order valence-corrected chi connectivity index (χ3v) is 4.52. The molecule has 0 saturated carbocycles. The number of carbonyl (C=O) groups is 2. The second-order valence-electron chi connectivity index (χ2n) is 6.80. The summed E-state index contributed by atoms with van der Waals surface area (Å²) in [7, 11) is 3.19. The number of nitrogens with zero attached hydrogens (tertiary/aromatic N) is 1. The summed E-state index contributed by atoms with van der Waals surface area (Å²) in [5.74, 6) is 1.49. The Morgan fingerprint density at radius 1 is 1.14 bits per heavy atom. The first kappa shape index (κ1) is 17.9. The summed E-state index contributed by atoms with van der Waals surface area (Å²) in [6.07, 6.45) is 2.98. The maximum absolute atomic E-state index is 12.7. The smallest absolute Gasteiger partial charge is 0.414 e. The SMILES string of the molecule is CC1Oc2ccccc2C=C1/C=C1\Oc2cc(OC(=O)N(C)C)ccc2C1=O. The largest absolute Gasteiger partial charge is 0.485 e. The molecule has 28 heavy (non-hydrogen) atoms. The van der Waals surface area contributed by atoms with Gasteiger partial charge in [0.25, 0.3) is 0 Å². The number of rotatable bonds is 2. The predicted molar refractivity (Wildman–Crippen MR) is 104 cm³/mol. The third kappa shape index (κ3) is 3.24. The van der Waals surface area contributed by atoms with Crippen LogP contribution in [0, 0.1) is 0 Å². The van der Waals surface area contributed by atoms with Gasteiger partial charge in [0.2, 0.25) is 5.78 Å². The van der Waals surface area contributed by atoms with Crippen molar-refractivity contribution in [2.45, 2.75) is 13.0 Å². The number of ketones is 1. The number of Topliss-reactive ketones (excluding diaryl/α,β-unsaturated/α-hetero) is 1. The predicted octanol–water partition coefficient (Wildman–Crippen LogP) is 4.07. The summed E-state index contributed by atoms with van der Waals surface area (Å²) in [5.41, 5.74) is 2.23. The second-order valence-corrected chi connectivity index (χ2v) is 6.80. The molecule has 0 saturated heterocycles. The summed E-state index contributed by atoms with van der Waals surface area (Å²) < 4.78 is 16.9. The summed E-state index contributed by atoms with van der Waals surface area (Å²) >= 11 is 0. The molecule has 6 nitrogen and oxygen atoms in total. The van der Waals surface area contributed by atoms with Crippen LogP contribution in [-0.4, -0.2) is 37.0 Å². The molecule has 2 heterocycles. The third-order valence-electron chi connectivity index (χ3n) is 4.52. The summed E-state index contributed by atoms with van der Waals surface area (Å²) in [6.45, 7) is 1.92. The highest BCUT2D eigenvalue weighted by Crippen LogP contribution is 2.36.